The summed E-state index contributed by atoms with van der Waals surface area (Å²) in [6, 6.07) is 8.07. The van der Waals surface area contributed by atoms with Gasteiger partial charge in [0.15, 0.2) is 0 Å². The minimum absolute atomic E-state index is 0.103. The van der Waals surface area contributed by atoms with Gasteiger partial charge in [-0.2, -0.15) is 0 Å². The van der Waals surface area contributed by atoms with Crippen LogP contribution in [0.4, 0.5) is 5.82 Å². The van der Waals surface area contributed by atoms with E-state index >= 15 is 0 Å². The second kappa shape index (κ2) is 6.21. The van der Waals surface area contributed by atoms with Crippen LogP contribution in [-0.4, -0.2) is 18.4 Å². The highest BCUT2D eigenvalue weighted by atomic mass is 35.5. The molecular weight excluding hydrogens is 321 g/mol. The zero-order valence-electron chi connectivity index (χ0n) is 9.99. The van der Waals surface area contributed by atoms with Gasteiger partial charge in [0.25, 0.3) is 10.0 Å². The third kappa shape index (κ3) is 4.48. The van der Waals surface area contributed by atoms with Crippen LogP contribution < -0.4 is 4.72 Å². The first-order valence-corrected chi connectivity index (χ1v) is 7.69. The van der Waals surface area contributed by atoms with Crippen LogP contribution in [-0.2, 0) is 10.0 Å². The molecule has 0 aliphatic carbocycles. The predicted molar refractivity (Wildman–Crippen MR) is 80.1 cm³/mol. The summed E-state index contributed by atoms with van der Waals surface area (Å²) in [5.74, 6) is 0.103. The van der Waals surface area contributed by atoms with Gasteiger partial charge in [-0.1, -0.05) is 35.3 Å². The van der Waals surface area contributed by atoms with E-state index in [1.807, 2.05) is 0 Å². The van der Waals surface area contributed by atoms with Crippen LogP contribution in [0.3, 0.4) is 0 Å². The Labute approximate surface area is 126 Å². The molecule has 0 saturated carbocycles. The summed E-state index contributed by atoms with van der Waals surface area (Å²) in [5, 5.41) is 1.77. The van der Waals surface area contributed by atoms with Gasteiger partial charge in [-0.15, -0.1) is 0 Å². The Hall–Kier alpha value is -1.63. The molecule has 2 rings (SSSR count). The summed E-state index contributed by atoms with van der Waals surface area (Å²) in [7, 11) is -3.67. The van der Waals surface area contributed by atoms with Gasteiger partial charge in [0.1, 0.15) is 17.3 Å². The van der Waals surface area contributed by atoms with Crippen molar-refractivity contribution in [3.05, 3.63) is 57.8 Å². The van der Waals surface area contributed by atoms with Crippen LogP contribution in [0.5, 0.6) is 0 Å². The molecule has 2 aromatic rings. The van der Waals surface area contributed by atoms with Crippen LogP contribution in [0.2, 0.25) is 10.2 Å². The quantitative estimate of drug-likeness (QED) is 0.874. The minimum Gasteiger partial charge on any atom is -0.264 e. The average Bonchev–Trinajstić information content (AvgIpc) is 2.37. The van der Waals surface area contributed by atoms with Gasteiger partial charge in [0, 0.05) is 11.1 Å². The highest BCUT2D eigenvalue weighted by Gasteiger charge is 2.07. The summed E-state index contributed by atoms with van der Waals surface area (Å²) >= 11 is 11.4. The van der Waals surface area contributed by atoms with E-state index in [2.05, 4.69) is 14.7 Å². The lowest BCUT2D eigenvalue weighted by atomic mass is 10.2. The highest BCUT2D eigenvalue weighted by Crippen LogP contribution is 2.13. The van der Waals surface area contributed by atoms with Crippen molar-refractivity contribution < 1.29 is 8.42 Å². The van der Waals surface area contributed by atoms with Crippen molar-refractivity contribution in [2.45, 2.75) is 0 Å². The highest BCUT2D eigenvalue weighted by molar-refractivity contribution is 7.95. The zero-order chi connectivity index (χ0) is 14.6. The number of halogens is 2. The van der Waals surface area contributed by atoms with Crippen molar-refractivity contribution >= 4 is 45.1 Å². The molecular formula is C12H9Cl2N3O2S. The van der Waals surface area contributed by atoms with Crippen LogP contribution in [0.15, 0.2) is 42.1 Å². The van der Waals surface area contributed by atoms with Crippen molar-refractivity contribution in [2.24, 2.45) is 0 Å². The molecule has 0 atom stereocenters. The Kier molecular flexibility index (Phi) is 4.59. The Morgan fingerprint density at radius 1 is 1.10 bits per heavy atom. The van der Waals surface area contributed by atoms with Gasteiger partial charge in [0.05, 0.1) is 5.41 Å². The van der Waals surface area contributed by atoms with E-state index in [0.29, 0.717) is 10.6 Å². The van der Waals surface area contributed by atoms with E-state index in [9.17, 15) is 8.42 Å². The van der Waals surface area contributed by atoms with E-state index in [1.165, 1.54) is 18.5 Å². The summed E-state index contributed by atoms with van der Waals surface area (Å²) in [5.41, 5.74) is 0.709. The molecule has 1 aromatic heterocycles. The van der Waals surface area contributed by atoms with Crippen molar-refractivity contribution in [1.29, 1.82) is 0 Å². The molecule has 20 heavy (non-hydrogen) atoms. The Bertz CT molecular complexity index is 731. The second-order valence-corrected chi connectivity index (χ2v) is 6.12. The Morgan fingerprint density at radius 3 is 2.45 bits per heavy atom. The number of hydrogen-bond acceptors (Lipinski definition) is 4. The number of rotatable bonds is 4. The van der Waals surface area contributed by atoms with Gasteiger partial charge < -0.3 is 0 Å². The molecule has 1 heterocycles. The fraction of sp³-hybridized carbons (Fsp3) is 0. The molecule has 0 fully saturated rings. The average molecular weight is 330 g/mol. The van der Waals surface area contributed by atoms with Crippen molar-refractivity contribution in [3.8, 4) is 0 Å². The molecule has 0 aliphatic heterocycles. The smallest absolute Gasteiger partial charge is 0.256 e. The maximum absolute atomic E-state index is 11.8. The molecule has 104 valence electrons. The molecule has 1 N–H and O–H groups in total. The molecule has 0 amide bonds. The molecule has 1 aromatic carbocycles. The molecule has 0 spiro atoms. The Balaban J connectivity index is 2.13. The topological polar surface area (TPSA) is 72.0 Å². The molecule has 5 nitrogen and oxygen atoms in total. The molecule has 0 radical (unpaired) electrons. The lowest BCUT2D eigenvalue weighted by molar-refractivity contribution is 0.609. The van der Waals surface area contributed by atoms with Crippen LogP contribution in [0, 0.1) is 0 Å². The molecule has 8 heteroatoms. The zero-order valence-corrected chi connectivity index (χ0v) is 12.3. The SMILES string of the molecule is O=S(=O)(/C=C/c1ccc(Cl)cc1)Nc1cc(Cl)ncn1. The number of sulfonamides is 1. The van der Waals surface area contributed by atoms with Crippen LogP contribution in [0.1, 0.15) is 5.56 Å². The normalized spacial score (nSPS) is 11.7. The number of benzene rings is 1. The summed E-state index contributed by atoms with van der Waals surface area (Å²) in [6.45, 7) is 0. The maximum Gasteiger partial charge on any atom is 0.256 e. The maximum atomic E-state index is 11.8. The van der Waals surface area contributed by atoms with E-state index in [1.54, 1.807) is 24.3 Å². The standard InChI is InChI=1S/C12H9Cl2N3O2S/c13-10-3-1-9(2-4-10)5-6-20(18,19)17-12-7-11(14)15-8-16-12/h1-8H,(H,15,16,17)/b6-5+. The monoisotopic (exact) mass is 329 g/mol. The van der Waals surface area contributed by atoms with Crippen molar-refractivity contribution in [2.75, 3.05) is 4.72 Å². The minimum atomic E-state index is -3.67. The fourth-order valence-corrected chi connectivity index (χ4v) is 2.39. The number of anilines is 1. The number of hydrogen-bond donors (Lipinski definition) is 1. The summed E-state index contributed by atoms with van der Waals surface area (Å²) in [4.78, 5) is 7.41. The first-order chi connectivity index (χ1) is 9.44. The lowest BCUT2D eigenvalue weighted by Crippen LogP contribution is -2.10. The summed E-state index contributed by atoms with van der Waals surface area (Å²) < 4.78 is 25.9. The first kappa shape index (κ1) is 14.8. The van der Waals surface area contributed by atoms with E-state index in [-0.39, 0.29) is 11.0 Å². The third-order valence-electron chi connectivity index (χ3n) is 2.19. The van der Waals surface area contributed by atoms with E-state index in [4.69, 9.17) is 23.2 Å². The van der Waals surface area contributed by atoms with Gasteiger partial charge in [-0.05, 0) is 23.8 Å². The molecule has 0 saturated heterocycles. The molecule has 0 unspecified atom stereocenters. The van der Waals surface area contributed by atoms with Gasteiger partial charge in [0.2, 0.25) is 0 Å². The third-order valence-corrected chi connectivity index (χ3v) is 3.64. The van der Waals surface area contributed by atoms with Gasteiger partial charge >= 0.3 is 0 Å². The molecule has 0 aliphatic rings. The number of aromatic nitrogens is 2. The van der Waals surface area contributed by atoms with Crippen molar-refractivity contribution in [1.82, 2.24) is 9.97 Å². The summed E-state index contributed by atoms with van der Waals surface area (Å²) in [6.07, 6.45) is 2.62. The first-order valence-electron chi connectivity index (χ1n) is 5.39. The van der Waals surface area contributed by atoms with E-state index in [0.717, 1.165) is 5.41 Å². The fourth-order valence-electron chi connectivity index (χ4n) is 1.31. The number of nitrogens with zero attached hydrogens (tertiary/aromatic N) is 2. The predicted octanol–water partition coefficient (Wildman–Crippen LogP) is 3.20. The van der Waals surface area contributed by atoms with E-state index < -0.39 is 10.0 Å². The Morgan fingerprint density at radius 2 is 1.80 bits per heavy atom. The lowest BCUT2D eigenvalue weighted by Gasteiger charge is -2.02. The van der Waals surface area contributed by atoms with Crippen molar-refractivity contribution in [3.63, 3.8) is 0 Å². The van der Waals surface area contributed by atoms with Crippen LogP contribution >= 0.6 is 23.2 Å². The molecule has 0 bridgehead atoms. The van der Waals surface area contributed by atoms with Gasteiger partial charge in [-0.3, -0.25) is 4.72 Å². The van der Waals surface area contributed by atoms with Gasteiger partial charge in [-0.25, -0.2) is 18.4 Å². The number of nitrogens with one attached hydrogen (secondary N) is 1. The second-order valence-electron chi connectivity index (χ2n) is 3.73. The van der Waals surface area contributed by atoms with Crippen LogP contribution in [0.25, 0.3) is 6.08 Å². The largest absolute Gasteiger partial charge is 0.264 e.